The van der Waals surface area contributed by atoms with Crippen LogP contribution in [0.5, 0.6) is 5.75 Å². The van der Waals surface area contributed by atoms with Crippen molar-refractivity contribution in [1.82, 2.24) is 15.1 Å². The number of aromatic nitrogens is 2. The van der Waals surface area contributed by atoms with E-state index in [1.54, 1.807) is 12.0 Å². The number of amides is 2. The van der Waals surface area contributed by atoms with E-state index >= 15 is 0 Å². The molecule has 1 saturated heterocycles. The Morgan fingerprint density at radius 1 is 1.42 bits per heavy atom. The molecule has 0 spiro atoms. The highest BCUT2D eigenvalue weighted by Gasteiger charge is 2.34. The number of hydrogen-bond donors (Lipinski definition) is 1. The van der Waals surface area contributed by atoms with Crippen LogP contribution in [-0.4, -0.2) is 40.6 Å². The van der Waals surface area contributed by atoms with Gasteiger partial charge in [-0.15, -0.1) is 10.2 Å². The number of benzene rings is 1. The molecule has 1 aromatic carbocycles. The van der Waals surface area contributed by atoms with Gasteiger partial charge in [0.25, 0.3) is 0 Å². The number of carbonyl (C=O) groups excluding carboxylic acids is 2. The molecule has 1 N–H and O–H groups in total. The molecule has 7 nitrogen and oxygen atoms in total. The van der Waals surface area contributed by atoms with Crippen LogP contribution in [0, 0.1) is 12.8 Å². The molecule has 0 saturated carbocycles. The third-order valence-electron chi connectivity index (χ3n) is 3.90. The molecule has 1 aromatic heterocycles. The maximum Gasteiger partial charge on any atom is 0.231 e. The van der Waals surface area contributed by atoms with Gasteiger partial charge in [0.2, 0.25) is 16.9 Å². The molecule has 0 aliphatic carbocycles. The number of likely N-dealkylation sites (tertiary alicyclic amines) is 1. The van der Waals surface area contributed by atoms with Crippen molar-refractivity contribution in [3.8, 4) is 5.75 Å². The fraction of sp³-hybridized carbons (Fsp3) is 0.375. The van der Waals surface area contributed by atoms with Gasteiger partial charge in [0.15, 0.2) is 0 Å². The number of nitrogens with one attached hydrogen (secondary N) is 1. The van der Waals surface area contributed by atoms with Gasteiger partial charge in [-0.3, -0.25) is 9.59 Å². The van der Waals surface area contributed by atoms with Crippen LogP contribution in [0.2, 0.25) is 0 Å². The highest BCUT2D eigenvalue weighted by atomic mass is 32.1. The SMILES string of the molecule is COc1ccccc1CN1C[C@@H](C(=O)Nc2nnc(C)s2)CC1=O. The number of methoxy groups -OCH3 is 1. The molecule has 126 valence electrons. The van der Waals surface area contributed by atoms with E-state index in [1.165, 1.54) is 11.3 Å². The lowest BCUT2D eigenvalue weighted by atomic mass is 10.1. The summed E-state index contributed by atoms with van der Waals surface area (Å²) in [5.74, 6) is 0.135. The molecule has 0 radical (unpaired) electrons. The van der Waals surface area contributed by atoms with Crippen molar-refractivity contribution in [2.45, 2.75) is 19.9 Å². The molecule has 2 amide bonds. The Morgan fingerprint density at radius 2 is 2.21 bits per heavy atom. The zero-order valence-electron chi connectivity index (χ0n) is 13.5. The first kappa shape index (κ1) is 16.4. The molecule has 0 unspecified atom stereocenters. The van der Waals surface area contributed by atoms with E-state index in [0.717, 1.165) is 16.3 Å². The van der Waals surface area contributed by atoms with E-state index in [2.05, 4.69) is 15.5 Å². The summed E-state index contributed by atoms with van der Waals surface area (Å²) in [5.41, 5.74) is 0.925. The van der Waals surface area contributed by atoms with Gasteiger partial charge in [0, 0.05) is 25.1 Å². The molecule has 1 aliphatic rings. The van der Waals surface area contributed by atoms with E-state index in [4.69, 9.17) is 4.74 Å². The van der Waals surface area contributed by atoms with Crippen LogP contribution in [0.1, 0.15) is 17.0 Å². The van der Waals surface area contributed by atoms with Gasteiger partial charge >= 0.3 is 0 Å². The van der Waals surface area contributed by atoms with Gasteiger partial charge in [-0.05, 0) is 13.0 Å². The Kier molecular flexibility index (Phi) is 4.75. The number of hydrogen-bond acceptors (Lipinski definition) is 6. The molecular weight excluding hydrogens is 328 g/mol. The Balaban J connectivity index is 1.64. The molecule has 0 bridgehead atoms. The van der Waals surface area contributed by atoms with Gasteiger partial charge in [-0.1, -0.05) is 29.5 Å². The van der Waals surface area contributed by atoms with Gasteiger partial charge in [-0.2, -0.15) is 0 Å². The summed E-state index contributed by atoms with van der Waals surface area (Å²) in [4.78, 5) is 26.2. The van der Waals surface area contributed by atoms with Crippen LogP contribution in [0.25, 0.3) is 0 Å². The van der Waals surface area contributed by atoms with E-state index in [-0.39, 0.29) is 24.2 Å². The molecule has 2 aromatic rings. The number of para-hydroxylation sites is 1. The molecule has 24 heavy (non-hydrogen) atoms. The van der Waals surface area contributed by atoms with Crippen LogP contribution in [-0.2, 0) is 16.1 Å². The monoisotopic (exact) mass is 346 g/mol. The average Bonchev–Trinajstić information content (AvgIpc) is 3.14. The smallest absolute Gasteiger partial charge is 0.231 e. The predicted molar refractivity (Wildman–Crippen MR) is 89.8 cm³/mol. The largest absolute Gasteiger partial charge is 0.496 e. The summed E-state index contributed by atoms with van der Waals surface area (Å²) >= 11 is 1.31. The summed E-state index contributed by atoms with van der Waals surface area (Å²) < 4.78 is 5.32. The van der Waals surface area contributed by atoms with Gasteiger partial charge in [-0.25, -0.2) is 0 Å². The minimum atomic E-state index is -0.378. The maximum absolute atomic E-state index is 12.3. The normalized spacial score (nSPS) is 17.2. The zero-order valence-corrected chi connectivity index (χ0v) is 14.3. The summed E-state index contributed by atoms with van der Waals surface area (Å²) in [6.07, 6.45) is 0.207. The highest BCUT2D eigenvalue weighted by molar-refractivity contribution is 7.15. The number of rotatable bonds is 5. The lowest BCUT2D eigenvalue weighted by Gasteiger charge is -2.18. The van der Waals surface area contributed by atoms with Crippen molar-refractivity contribution >= 4 is 28.3 Å². The Morgan fingerprint density at radius 3 is 2.92 bits per heavy atom. The first-order valence-electron chi connectivity index (χ1n) is 7.57. The second-order valence-electron chi connectivity index (χ2n) is 5.60. The van der Waals surface area contributed by atoms with Gasteiger partial charge in [0.05, 0.1) is 13.0 Å². The first-order valence-corrected chi connectivity index (χ1v) is 8.39. The van der Waals surface area contributed by atoms with Gasteiger partial charge < -0.3 is 15.0 Å². The number of anilines is 1. The number of carbonyl (C=O) groups is 2. The average molecular weight is 346 g/mol. The van der Waals surface area contributed by atoms with Crippen molar-refractivity contribution in [1.29, 1.82) is 0 Å². The molecule has 8 heteroatoms. The van der Waals surface area contributed by atoms with Crippen molar-refractivity contribution in [3.05, 3.63) is 34.8 Å². The van der Waals surface area contributed by atoms with Crippen molar-refractivity contribution < 1.29 is 14.3 Å². The summed E-state index contributed by atoms with van der Waals surface area (Å²) in [6.45, 7) is 2.65. The zero-order chi connectivity index (χ0) is 17.1. The molecule has 2 heterocycles. The molecule has 1 fully saturated rings. The third-order valence-corrected chi connectivity index (χ3v) is 4.65. The van der Waals surface area contributed by atoms with Crippen LogP contribution in [0.15, 0.2) is 24.3 Å². The van der Waals surface area contributed by atoms with E-state index in [9.17, 15) is 9.59 Å². The molecule has 1 atom stereocenters. The van der Waals surface area contributed by atoms with E-state index < -0.39 is 0 Å². The standard InChI is InChI=1S/C16H18N4O3S/c1-10-18-19-16(24-10)17-15(22)12-7-14(21)20(9-12)8-11-5-3-4-6-13(11)23-2/h3-6,12H,7-9H2,1-2H3,(H,17,19,22)/t12-/m0/s1. The van der Waals surface area contributed by atoms with E-state index in [1.807, 2.05) is 31.2 Å². The highest BCUT2D eigenvalue weighted by Crippen LogP contribution is 2.25. The number of aryl methyl sites for hydroxylation is 1. The molecule has 3 rings (SSSR count). The second kappa shape index (κ2) is 6.96. The lowest BCUT2D eigenvalue weighted by Crippen LogP contribution is -2.28. The van der Waals surface area contributed by atoms with Crippen LogP contribution < -0.4 is 10.1 Å². The number of nitrogens with zero attached hydrogens (tertiary/aromatic N) is 3. The number of ether oxygens (including phenoxy) is 1. The van der Waals surface area contributed by atoms with Crippen LogP contribution in [0.3, 0.4) is 0 Å². The third kappa shape index (κ3) is 3.53. The van der Waals surface area contributed by atoms with Crippen LogP contribution in [0.4, 0.5) is 5.13 Å². The van der Waals surface area contributed by atoms with Crippen LogP contribution >= 0.6 is 11.3 Å². The van der Waals surface area contributed by atoms with Gasteiger partial charge in [0.1, 0.15) is 10.8 Å². The summed E-state index contributed by atoms with van der Waals surface area (Å²) in [7, 11) is 1.60. The lowest BCUT2D eigenvalue weighted by molar-refractivity contribution is -0.128. The predicted octanol–water partition coefficient (Wildman–Crippen LogP) is 1.84. The summed E-state index contributed by atoms with van der Waals surface area (Å²) in [5, 5.41) is 11.7. The van der Waals surface area contributed by atoms with Crippen molar-refractivity contribution in [3.63, 3.8) is 0 Å². The van der Waals surface area contributed by atoms with Crippen molar-refractivity contribution in [2.24, 2.45) is 5.92 Å². The summed E-state index contributed by atoms with van der Waals surface area (Å²) in [6, 6.07) is 7.57. The molecular formula is C16H18N4O3S. The topological polar surface area (TPSA) is 84.4 Å². The van der Waals surface area contributed by atoms with Crippen molar-refractivity contribution in [2.75, 3.05) is 19.0 Å². The Hall–Kier alpha value is -2.48. The maximum atomic E-state index is 12.3. The minimum Gasteiger partial charge on any atom is -0.496 e. The molecule has 1 aliphatic heterocycles. The minimum absolute atomic E-state index is 0.0329. The fourth-order valence-corrected chi connectivity index (χ4v) is 3.29. The Bertz CT molecular complexity index is 761. The second-order valence-corrected chi connectivity index (χ2v) is 6.78. The van der Waals surface area contributed by atoms with E-state index in [0.29, 0.717) is 18.2 Å². The fourth-order valence-electron chi connectivity index (χ4n) is 2.69. The quantitative estimate of drug-likeness (QED) is 0.893. The first-order chi connectivity index (χ1) is 11.6. The Labute approximate surface area is 143 Å².